The summed E-state index contributed by atoms with van der Waals surface area (Å²) in [5.41, 5.74) is 1.60. The minimum Gasteiger partial charge on any atom is -0.497 e. The van der Waals surface area contributed by atoms with Gasteiger partial charge in [-0.2, -0.15) is 0 Å². The predicted molar refractivity (Wildman–Crippen MR) is 103 cm³/mol. The van der Waals surface area contributed by atoms with E-state index in [0.29, 0.717) is 27.2 Å². The molecule has 0 aliphatic rings. The van der Waals surface area contributed by atoms with Crippen molar-refractivity contribution in [2.75, 3.05) is 17.7 Å². The van der Waals surface area contributed by atoms with Crippen LogP contribution in [0.5, 0.6) is 5.75 Å². The number of halogens is 2. The lowest BCUT2D eigenvalue weighted by Gasteiger charge is -2.08. The monoisotopic (exact) mass is 388 g/mol. The van der Waals surface area contributed by atoms with Gasteiger partial charge in [-0.05, 0) is 42.5 Å². The van der Waals surface area contributed by atoms with Crippen molar-refractivity contribution in [3.8, 4) is 5.75 Å². The third kappa shape index (κ3) is 4.62. The summed E-state index contributed by atoms with van der Waals surface area (Å²) < 4.78 is 5.11. The zero-order valence-electron chi connectivity index (χ0n) is 13.7. The summed E-state index contributed by atoms with van der Waals surface area (Å²) in [4.78, 5) is 20.6. The number of hydrogen-bond donors (Lipinski definition) is 2. The quantitative estimate of drug-likeness (QED) is 0.656. The van der Waals surface area contributed by atoms with E-state index in [1.807, 2.05) is 24.3 Å². The average molecular weight is 389 g/mol. The van der Waals surface area contributed by atoms with Crippen molar-refractivity contribution in [2.45, 2.75) is 0 Å². The van der Waals surface area contributed by atoms with Gasteiger partial charge in [-0.3, -0.25) is 4.79 Å². The van der Waals surface area contributed by atoms with Crippen molar-refractivity contribution < 1.29 is 9.53 Å². The first-order valence-corrected chi connectivity index (χ1v) is 8.29. The Hall–Kier alpha value is -2.83. The lowest BCUT2D eigenvalue weighted by atomic mass is 10.2. The molecule has 0 saturated carbocycles. The van der Waals surface area contributed by atoms with Gasteiger partial charge in [0.05, 0.1) is 12.7 Å². The molecule has 2 N–H and O–H groups in total. The topological polar surface area (TPSA) is 76.1 Å². The third-order valence-electron chi connectivity index (χ3n) is 3.38. The number of hydrogen-bond acceptors (Lipinski definition) is 5. The molecule has 26 heavy (non-hydrogen) atoms. The van der Waals surface area contributed by atoms with Crippen LogP contribution in [0.15, 0.2) is 54.9 Å². The number of nitrogens with one attached hydrogen (secondary N) is 2. The van der Waals surface area contributed by atoms with Crippen LogP contribution in [0.1, 0.15) is 10.4 Å². The number of amides is 1. The van der Waals surface area contributed by atoms with Gasteiger partial charge in [-0.15, -0.1) is 0 Å². The van der Waals surface area contributed by atoms with E-state index in [2.05, 4.69) is 20.6 Å². The van der Waals surface area contributed by atoms with Crippen molar-refractivity contribution in [1.82, 2.24) is 9.97 Å². The molecule has 0 spiro atoms. The van der Waals surface area contributed by atoms with E-state index in [0.717, 1.165) is 11.4 Å². The maximum atomic E-state index is 12.3. The van der Waals surface area contributed by atoms with Gasteiger partial charge in [-0.25, -0.2) is 9.97 Å². The number of ether oxygens (including phenoxy) is 1. The molecule has 3 rings (SSSR count). The van der Waals surface area contributed by atoms with E-state index in [-0.39, 0.29) is 5.91 Å². The van der Waals surface area contributed by atoms with Crippen molar-refractivity contribution in [3.05, 3.63) is 70.5 Å². The number of carbonyl (C=O) groups excluding carboxylic acids is 1. The van der Waals surface area contributed by atoms with Crippen LogP contribution in [0, 0.1) is 0 Å². The van der Waals surface area contributed by atoms with Crippen LogP contribution in [-0.2, 0) is 0 Å². The molecule has 0 atom stereocenters. The standard InChI is InChI=1S/C18H14Cl2N4O2/c1-26-16-4-2-14(3-5-16)24-18-21-9-11(10-22-18)17(25)23-15-7-12(19)6-13(20)8-15/h2-10H,1H3,(H,23,25)(H,21,22,24). The largest absolute Gasteiger partial charge is 0.497 e. The van der Waals surface area contributed by atoms with Gasteiger partial charge in [0.15, 0.2) is 0 Å². The zero-order valence-corrected chi connectivity index (χ0v) is 15.2. The van der Waals surface area contributed by atoms with Crippen LogP contribution in [0.4, 0.5) is 17.3 Å². The number of rotatable bonds is 5. The first-order valence-electron chi connectivity index (χ1n) is 7.54. The smallest absolute Gasteiger partial charge is 0.258 e. The molecule has 3 aromatic rings. The summed E-state index contributed by atoms with van der Waals surface area (Å²) >= 11 is 11.8. The van der Waals surface area contributed by atoms with Crippen LogP contribution in [0.3, 0.4) is 0 Å². The Labute approximate surface area is 160 Å². The lowest BCUT2D eigenvalue weighted by molar-refractivity contribution is 0.102. The number of benzene rings is 2. The molecule has 0 saturated heterocycles. The number of carbonyl (C=O) groups is 1. The number of anilines is 3. The Morgan fingerprint density at radius 2 is 1.58 bits per heavy atom. The molecule has 8 heteroatoms. The molecule has 0 radical (unpaired) electrons. The highest BCUT2D eigenvalue weighted by molar-refractivity contribution is 6.35. The fourth-order valence-corrected chi connectivity index (χ4v) is 2.67. The van der Waals surface area contributed by atoms with Crippen LogP contribution >= 0.6 is 23.2 Å². The Bertz CT molecular complexity index is 895. The SMILES string of the molecule is COc1ccc(Nc2ncc(C(=O)Nc3cc(Cl)cc(Cl)c3)cn2)cc1. The van der Waals surface area contributed by atoms with Gasteiger partial charge < -0.3 is 15.4 Å². The maximum Gasteiger partial charge on any atom is 0.258 e. The van der Waals surface area contributed by atoms with Crippen molar-refractivity contribution >= 4 is 46.4 Å². The highest BCUT2D eigenvalue weighted by atomic mass is 35.5. The molecule has 0 bridgehead atoms. The van der Waals surface area contributed by atoms with Gasteiger partial charge >= 0.3 is 0 Å². The van der Waals surface area contributed by atoms with Gasteiger partial charge in [0.1, 0.15) is 5.75 Å². The fraction of sp³-hybridized carbons (Fsp3) is 0.0556. The zero-order chi connectivity index (χ0) is 18.5. The molecular formula is C18H14Cl2N4O2. The lowest BCUT2D eigenvalue weighted by Crippen LogP contribution is -2.13. The summed E-state index contributed by atoms with van der Waals surface area (Å²) in [7, 11) is 1.60. The summed E-state index contributed by atoms with van der Waals surface area (Å²) in [5, 5.41) is 6.61. The first-order chi connectivity index (χ1) is 12.5. The molecule has 0 aliphatic carbocycles. The molecule has 6 nitrogen and oxygen atoms in total. The number of aromatic nitrogens is 2. The summed E-state index contributed by atoms with van der Waals surface area (Å²) in [6, 6.07) is 12.1. The van der Waals surface area contributed by atoms with Gasteiger partial charge in [0.25, 0.3) is 5.91 Å². The van der Waals surface area contributed by atoms with Crippen LogP contribution in [-0.4, -0.2) is 23.0 Å². The van der Waals surface area contributed by atoms with E-state index in [4.69, 9.17) is 27.9 Å². The maximum absolute atomic E-state index is 12.3. The highest BCUT2D eigenvalue weighted by Gasteiger charge is 2.09. The van der Waals surface area contributed by atoms with E-state index in [1.165, 1.54) is 12.4 Å². The second-order valence-electron chi connectivity index (χ2n) is 5.26. The van der Waals surface area contributed by atoms with E-state index >= 15 is 0 Å². The van der Waals surface area contributed by atoms with E-state index in [1.54, 1.807) is 25.3 Å². The second kappa shape index (κ2) is 8.03. The van der Waals surface area contributed by atoms with Crippen molar-refractivity contribution in [1.29, 1.82) is 0 Å². The normalized spacial score (nSPS) is 10.3. The highest BCUT2D eigenvalue weighted by Crippen LogP contribution is 2.23. The molecule has 0 aliphatic heterocycles. The number of nitrogens with zero attached hydrogens (tertiary/aromatic N) is 2. The van der Waals surface area contributed by atoms with Crippen molar-refractivity contribution in [2.24, 2.45) is 0 Å². The summed E-state index contributed by atoms with van der Waals surface area (Å²) in [5.74, 6) is 0.765. The van der Waals surface area contributed by atoms with E-state index < -0.39 is 0 Å². The third-order valence-corrected chi connectivity index (χ3v) is 3.82. The molecule has 2 aromatic carbocycles. The van der Waals surface area contributed by atoms with Gasteiger partial charge in [0, 0.05) is 33.8 Å². The second-order valence-corrected chi connectivity index (χ2v) is 6.13. The average Bonchev–Trinajstić information content (AvgIpc) is 2.62. The van der Waals surface area contributed by atoms with E-state index in [9.17, 15) is 4.79 Å². The Balaban J connectivity index is 1.67. The molecule has 1 aromatic heterocycles. The number of methoxy groups -OCH3 is 1. The van der Waals surface area contributed by atoms with Crippen LogP contribution in [0.2, 0.25) is 10.0 Å². The molecule has 0 fully saturated rings. The Kier molecular flexibility index (Phi) is 5.55. The molecule has 132 valence electrons. The Morgan fingerprint density at radius 1 is 0.962 bits per heavy atom. The minimum absolute atomic E-state index is 0.307. The van der Waals surface area contributed by atoms with Crippen molar-refractivity contribution in [3.63, 3.8) is 0 Å². The molecule has 1 heterocycles. The summed E-state index contributed by atoms with van der Waals surface area (Å²) in [6.45, 7) is 0. The predicted octanol–water partition coefficient (Wildman–Crippen LogP) is 4.79. The first kappa shape index (κ1) is 18.0. The van der Waals surface area contributed by atoms with Crippen LogP contribution in [0.25, 0.3) is 0 Å². The molecule has 1 amide bonds. The molecular weight excluding hydrogens is 375 g/mol. The summed E-state index contributed by atoms with van der Waals surface area (Å²) in [6.07, 6.45) is 2.86. The fourth-order valence-electron chi connectivity index (χ4n) is 2.14. The molecule has 0 unspecified atom stereocenters. The van der Waals surface area contributed by atoms with Gasteiger partial charge in [-0.1, -0.05) is 23.2 Å². The minimum atomic E-state index is -0.362. The van der Waals surface area contributed by atoms with Crippen LogP contribution < -0.4 is 15.4 Å². The van der Waals surface area contributed by atoms with Gasteiger partial charge in [0.2, 0.25) is 5.95 Å². The Morgan fingerprint density at radius 3 is 2.15 bits per heavy atom.